The first kappa shape index (κ1) is 21.8. The van der Waals surface area contributed by atoms with Crippen molar-refractivity contribution >= 4 is 23.2 Å². The number of halogens is 1. The van der Waals surface area contributed by atoms with Gasteiger partial charge in [-0.15, -0.1) is 10.2 Å². The molecule has 3 N–H and O–H groups in total. The molecule has 0 saturated carbocycles. The lowest BCUT2D eigenvalue weighted by atomic mass is 10.1. The second-order valence-corrected chi connectivity index (χ2v) is 7.32. The molecule has 1 aromatic carbocycles. The van der Waals surface area contributed by atoms with Gasteiger partial charge in [0.25, 0.3) is 0 Å². The Bertz CT molecular complexity index is 921. The van der Waals surface area contributed by atoms with Crippen molar-refractivity contribution in [3.8, 4) is 0 Å². The lowest BCUT2D eigenvalue weighted by Gasteiger charge is -2.23. The number of hydrogen-bond donors (Lipinski definition) is 2. The van der Waals surface area contributed by atoms with Crippen LogP contribution >= 0.6 is 11.6 Å². The third-order valence-electron chi connectivity index (χ3n) is 3.99. The number of amides is 1. The number of nitrogens with zero attached hydrogens (tertiary/aromatic N) is 3. The van der Waals surface area contributed by atoms with Crippen LogP contribution in [-0.4, -0.2) is 32.7 Å². The van der Waals surface area contributed by atoms with E-state index in [1.54, 1.807) is 36.6 Å². The zero-order chi connectivity index (χ0) is 19.4. The van der Waals surface area contributed by atoms with E-state index in [1.165, 1.54) is 0 Å². The van der Waals surface area contributed by atoms with Gasteiger partial charge >= 0.3 is 0 Å². The molecule has 2 aromatic heterocycles. The zero-order valence-electron chi connectivity index (χ0n) is 15.2. The average Bonchev–Trinajstić information content (AvgIpc) is 3.03. The third kappa shape index (κ3) is 5.28. The van der Waals surface area contributed by atoms with Crippen LogP contribution in [0.3, 0.4) is 0 Å². The Morgan fingerprint density at radius 3 is 2.64 bits per heavy atom. The molecule has 0 aliphatic carbocycles. The molecule has 0 fully saturated rings. The number of hydrogen-bond acceptors (Lipinski definition) is 5. The van der Waals surface area contributed by atoms with Gasteiger partial charge in [0.2, 0.25) is 5.91 Å². The predicted octanol–water partition coefficient (Wildman–Crippen LogP) is 3.13. The summed E-state index contributed by atoms with van der Waals surface area (Å²) in [4.78, 5) is 12.4. The molecule has 28 heavy (non-hydrogen) atoms. The van der Waals surface area contributed by atoms with Gasteiger partial charge in [-0.1, -0.05) is 49.4 Å². The Kier molecular flexibility index (Phi) is 7.12. The Balaban J connectivity index is 0.00000280. The number of pyridine rings is 1. The highest BCUT2D eigenvalue weighted by atomic mass is 35.5. The van der Waals surface area contributed by atoms with Crippen LogP contribution in [0.25, 0.3) is 5.65 Å². The SMILES string of the molecule is C.CC(C)(N)C(=O)N[C@H](COCc1ccccc1)c1nnc2ccc(Cl)cn12. The normalized spacial score (nSPS) is 12.4. The van der Waals surface area contributed by atoms with Crippen molar-refractivity contribution in [1.29, 1.82) is 0 Å². The molecule has 0 aliphatic rings. The predicted molar refractivity (Wildman–Crippen MR) is 110 cm³/mol. The summed E-state index contributed by atoms with van der Waals surface area (Å²) in [6, 6.07) is 12.8. The number of benzene rings is 1. The summed E-state index contributed by atoms with van der Waals surface area (Å²) in [6.07, 6.45) is 1.70. The van der Waals surface area contributed by atoms with Crippen LogP contribution in [0.15, 0.2) is 48.7 Å². The first-order valence-electron chi connectivity index (χ1n) is 8.56. The Morgan fingerprint density at radius 2 is 1.96 bits per heavy atom. The van der Waals surface area contributed by atoms with Crippen LogP contribution in [0, 0.1) is 0 Å². The monoisotopic (exact) mass is 403 g/mol. The average molecular weight is 404 g/mol. The number of carbonyl (C=O) groups excluding carboxylic acids is 1. The van der Waals surface area contributed by atoms with Gasteiger partial charge in [0.05, 0.1) is 23.8 Å². The lowest BCUT2D eigenvalue weighted by Crippen LogP contribution is -2.50. The maximum absolute atomic E-state index is 12.4. The van der Waals surface area contributed by atoms with Gasteiger partial charge in [0.15, 0.2) is 11.5 Å². The molecule has 1 atom stereocenters. The fraction of sp³-hybridized carbons (Fsp3) is 0.350. The molecule has 0 bridgehead atoms. The largest absolute Gasteiger partial charge is 0.374 e. The van der Waals surface area contributed by atoms with Gasteiger partial charge < -0.3 is 15.8 Å². The van der Waals surface area contributed by atoms with E-state index in [2.05, 4.69) is 15.5 Å². The van der Waals surface area contributed by atoms with Crippen LogP contribution in [0.2, 0.25) is 5.02 Å². The van der Waals surface area contributed by atoms with Gasteiger partial charge in [-0.25, -0.2) is 0 Å². The van der Waals surface area contributed by atoms with E-state index in [4.69, 9.17) is 22.1 Å². The fourth-order valence-electron chi connectivity index (χ4n) is 2.51. The van der Waals surface area contributed by atoms with E-state index in [0.29, 0.717) is 23.1 Å². The van der Waals surface area contributed by atoms with Gasteiger partial charge in [-0.3, -0.25) is 9.20 Å². The van der Waals surface area contributed by atoms with E-state index in [9.17, 15) is 4.79 Å². The van der Waals surface area contributed by atoms with Crippen molar-refractivity contribution in [1.82, 2.24) is 19.9 Å². The fourth-order valence-corrected chi connectivity index (χ4v) is 2.67. The van der Waals surface area contributed by atoms with Gasteiger partial charge in [0, 0.05) is 6.20 Å². The van der Waals surface area contributed by atoms with E-state index in [0.717, 1.165) is 5.56 Å². The van der Waals surface area contributed by atoms with Crippen molar-refractivity contribution < 1.29 is 9.53 Å². The molecule has 7 nitrogen and oxygen atoms in total. The minimum Gasteiger partial charge on any atom is -0.374 e. The number of nitrogens with one attached hydrogen (secondary N) is 1. The molecule has 0 spiro atoms. The topological polar surface area (TPSA) is 94.5 Å². The Labute approximate surface area is 169 Å². The number of carbonyl (C=O) groups is 1. The maximum Gasteiger partial charge on any atom is 0.240 e. The lowest BCUT2D eigenvalue weighted by molar-refractivity contribution is -0.126. The molecule has 2 heterocycles. The molecule has 0 saturated heterocycles. The van der Waals surface area contributed by atoms with Crippen molar-refractivity contribution in [2.45, 2.75) is 39.5 Å². The van der Waals surface area contributed by atoms with Crippen LogP contribution in [0.1, 0.15) is 38.7 Å². The van der Waals surface area contributed by atoms with Crippen molar-refractivity contribution in [3.63, 3.8) is 0 Å². The van der Waals surface area contributed by atoms with Crippen LogP contribution in [-0.2, 0) is 16.1 Å². The molecule has 3 rings (SSSR count). The first-order valence-corrected chi connectivity index (χ1v) is 8.94. The van der Waals surface area contributed by atoms with Crippen molar-refractivity contribution in [2.24, 2.45) is 5.73 Å². The standard InChI is InChI=1S/C19H22ClN5O2.CH4/c1-19(2,21)18(26)22-15(12-27-11-13-6-4-3-5-7-13)17-24-23-16-9-8-14(20)10-25(16)17;/h3-10,15H,11-12,21H2,1-2H3,(H,22,26);1H4/t15-;/m1./s1. The number of rotatable bonds is 7. The zero-order valence-corrected chi connectivity index (χ0v) is 16.0. The highest BCUT2D eigenvalue weighted by molar-refractivity contribution is 6.30. The number of ether oxygens (including phenoxy) is 1. The quantitative estimate of drug-likeness (QED) is 0.632. The molecule has 3 aromatic rings. The summed E-state index contributed by atoms with van der Waals surface area (Å²) < 4.78 is 7.57. The van der Waals surface area contributed by atoms with Crippen LogP contribution in [0.5, 0.6) is 0 Å². The van der Waals surface area contributed by atoms with E-state index >= 15 is 0 Å². The summed E-state index contributed by atoms with van der Waals surface area (Å²) in [5, 5.41) is 11.8. The molecule has 0 unspecified atom stereocenters. The van der Waals surface area contributed by atoms with E-state index < -0.39 is 11.6 Å². The highest BCUT2D eigenvalue weighted by Crippen LogP contribution is 2.18. The van der Waals surface area contributed by atoms with Crippen LogP contribution in [0.4, 0.5) is 0 Å². The van der Waals surface area contributed by atoms with E-state index in [1.807, 2.05) is 30.3 Å². The maximum atomic E-state index is 12.4. The summed E-state index contributed by atoms with van der Waals surface area (Å²) >= 11 is 6.10. The minimum atomic E-state index is -1.03. The Hall–Kier alpha value is -2.48. The molecular formula is C20H26ClN5O2. The van der Waals surface area contributed by atoms with Crippen molar-refractivity contribution in [3.05, 3.63) is 65.1 Å². The molecule has 0 aliphatic heterocycles. The summed E-state index contributed by atoms with van der Waals surface area (Å²) in [5.74, 6) is 0.216. The van der Waals surface area contributed by atoms with Gasteiger partial charge in [-0.2, -0.15) is 0 Å². The van der Waals surface area contributed by atoms with Crippen LogP contribution < -0.4 is 11.1 Å². The minimum absolute atomic E-state index is 0. The number of nitrogens with two attached hydrogens (primary N) is 1. The summed E-state index contributed by atoms with van der Waals surface area (Å²) in [7, 11) is 0. The number of aromatic nitrogens is 3. The molecule has 1 amide bonds. The summed E-state index contributed by atoms with van der Waals surface area (Å²) in [6.45, 7) is 3.91. The summed E-state index contributed by atoms with van der Waals surface area (Å²) in [5.41, 5.74) is 6.55. The first-order chi connectivity index (χ1) is 12.8. The third-order valence-corrected chi connectivity index (χ3v) is 4.21. The molecular weight excluding hydrogens is 378 g/mol. The number of fused-ring (bicyclic) bond motifs is 1. The molecule has 0 radical (unpaired) electrons. The molecule has 150 valence electrons. The van der Waals surface area contributed by atoms with Crippen molar-refractivity contribution in [2.75, 3.05) is 6.61 Å². The highest BCUT2D eigenvalue weighted by Gasteiger charge is 2.28. The van der Waals surface area contributed by atoms with E-state index in [-0.39, 0.29) is 19.9 Å². The smallest absolute Gasteiger partial charge is 0.240 e. The van der Waals surface area contributed by atoms with Gasteiger partial charge in [0.1, 0.15) is 6.04 Å². The second kappa shape index (κ2) is 9.14. The van der Waals surface area contributed by atoms with Gasteiger partial charge in [-0.05, 0) is 31.5 Å². The Morgan fingerprint density at radius 1 is 1.25 bits per heavy atom. The second-order valence-electron chi connectivity index (χ2n) is 6.88. The molecule has 8 heteroatoms.